The summed E-state index contributed by atoms with van der Waals surface area (Å²) >= 11 is 11.9. The molecular weight excluding hydrogens is 347 g/mol. The van der Waals surface area contributed by atoms with E-state index < -0.39 is 0 Å². The highest BCUT2D eigenvalue weighted by Crippen LogP contribution is 2.25. The topological polar surface area (TPSA) is 58.1 Å². The highest BCUT2D eigenvalue weighted by molar-refractivity contribution is 6.36. The third kappa shape index (κ3) is 4.82. The fourth-order valence-electron chi connectivity index (χ4n) is 2.26. The van der Waals surface area contributed by atoms with Crippen molar-refractivity contribution in [2.45, 2.75) is 26.7 Å². The van der Waals surface area contributed by atoms with E-state index in [1.54, 1.807) is 24.4 Å². The summed E-state index contributed by atoms with van der Waals surface area (Å²) in [6, 6.07) is 4.88. The number of anilines is 2. The largest absolute Gasteiger partial charge is 0.355 e. The highest BCUT2D eigenvalue weighted by Gasteiger charge is 2.12. The summed E-state index contributed by atoms with van der Waals surface area (Å²) in [5, 5.41) is 3.59. The number of hydrogen-bond donors (Lipinski definition) is 1. The highest BCUT2D eigenvalue weighted by atomic mass is 35.5. The average Bonchev–Trinajstić information content (AvgIpc) is 2.57. The Kier molecular flexibility index (Phi) is 6.82. The van der Waals surface area contributed by atoms with E-state index in [0.29, 0.717) is 15.7 Å². The molecule has 1 N–H and O–H groups in total. The van der Waals surface area contributed by atoms with Crippen molar-refractivity contribution in [3.8, 4) is 0 Å². The molecule has 2 aromatic rings. The van der Waals surface area contributed by atoms with Gasteiger partial charge in [0.1, 0.15) is 11.5 Å². The van der Waals surface area contributed by atoms with Crippen molar-refractivity contribution in [3.05, 3.63) is 46.3 Å². The Balaban J connectivity index is 2.10. The normalized spacial score (nSPS) is 10.5. The summed E-state index contributed by atoms with van der Waals surface area (Å²) in [5.74, 6) is 0.413. The van der Waals surface area contributed by atoms with Gasteiger partial charge in [0.2, 0.25) is 0 Å². The van der Waals surface area contributed by atoms with Crippen molar-refractivity contribution in [3.63, 3.8) is 0 Å². The monoisotopic (exact) mass is 366 g/mol. The lowest BCUT2D eigenvalue weighted by Crippen LogP contribution is -2.26. The van der Waals surface area contributed by atoms with E-state index >= 15 is 0 Å². The summed E-state index contributed by atoms with van der Waals surface area (Å²) in [4.78, 5) is 23.0. The minimum Gasteiger partial charge on any atom is -0.355 e. The second-order valence-corrected chi connectivity index (χ2v) is 6.17. The summed E-state index contributed by atoms with van der Waals surface area (Å²) in [6.07, 6.45) is 5.16. The van der Waals surface area contributed by atoms with Crippen LogP contribution in [0.4, 0.5) is 11.5 Å². The molecule has 0 fully saturated rings. The molecule has 0 spiro atoms. The van der Waals surface area contributed by atoms with Gasteiger partial charge in [-0.2, -0.15) is 0 Å². The van der Waals surface area contributed by atoms with Gasteiger partial charge in [0.15, 0.2) is 0 Å². The van der Waals surface area contributed by atoms with Crippen molar-refractivity contribution in [1.29, 1.82) is 0 Å². The van der Waals surface area contributed by atoms with Crippen LogP contribution in [-0.2, 0) is 0 Å². The van der Waals surface area contributed by atoms with Gasteiger partial charge >= 0.3 is 0 Å². The van der Waals surface area contributed by atoms with Gasteiger partial charge in [-0.3, -0.25) is 4.79 Å². The van der Waals surface area contributed by atoms with E-state index in [1.807, 2.05) is 0 Å². The zero-order valence-corrected chi connectivity index (χ0v) is 15.2. The first-order valence-electron chi connectivity index (χ1n) is 7.88. The number of carbonyl (C=O) groups excluding carboxylic acids is 1. The third-order valence-corrected chi connectivity index (χ3v) is 3.91. The van der Waals surface area contributed by atoms with Gasteiger partial charge in [-0.15, -0.1) is 0 Å². The van der Waals surface area contributed by atoms with E-state index in [9.17, 15) is 4.79 Å². The van der Waals surface area contributed by atoms with E-state index in [2.05, 4.69) is 34.0 Å². The van der Waals surface area contributed by atoms with Gasteiger partial charge in [-0.05, 0) is 31.0 Å². The molecular formula is C17H20Cl2N4O. The van der Waals surface area contributed by atoms with Crippen molar-refractivity contribution in [2.24, 2.45) is 0 Å². The van der Waals surface area contributed by atoms with Crippen LogP contribution in [0.5, 0.6) is 0 Å². The van der Waals surface area contributed by atoms with Crippen LogP contribution in [0.15, 0.2) is 30.6 Å². The number of nitrogens with zero attached hydrogens (tertiary/aromatic N) is 3. The Morgan fingerprint density at radius 2 is 1.83 bits per heavy atom. The Morgan fingerprint density at radius 3 is 2.38 bits per heavy atom. The quantitative estimate of drug-likeness (QED) is 0.773. The maximum Gasteiger partial charge on any atom is 0.275 e. The van der Waals surface area contributed by atoms with Gasteiger partial charge in [0.25, 0.3) is 5.91 Å². The van der Waals surface area contributed by atoms with Gasteiger partial charge in [0.05, 0.1) is 23.1 Å². The van der Waals surface area contributed by atoms with Crippen LogP contribution in [0.25, 0.3) is 0 Å². The lowest BCUT2D eigenvalue weighted by molar-refractivity contribution is 0.102. The van der Waals surface area contributed by atoms with Crippen LogP contribution in [0.3, 0.4) is 0 Å². The Morgan fingerprint density at radius 1 is 1.12 bits per heavy atom. The Bertz CT molecular complexity index is 685. The molecule has 0 atom stereocenters. The van der Waals surface area contributed by atoms with Gasteiger partial charge in [0, 0.05) is 18.1 Å². The maximum atomic E-state index is 12.3. The van der Waals surface area contributed by atoms with Crippen LogP contribution >= 0.6 is 23.2 Å². The molecule has 24 heavy (non-hydrogen) atoms. The molecule has 0 saturated heterocycles. The molecule has 1 amide bonds. The van der Waals surface area contributed by atoms with Crippen LogP contribution in [-0.4, -0.2) is 29.0 Å². The number of rotatable bonds is 7. The van der Waals surface area contributed by atoms with E-state index in [4.69, 9.17) is 23.2 Å². The fourth-order valence-corrected chi connectivity index (χ4v) is 2.72. The number of amides is 1. The SMILES string of the molecule is CCCN(CCC)c1cnc(C(=O)Nc2ccc(Cl)cc2Cl)cn1. The molecule has 0 saturated carbocycles. The number of carbonyl (C=O) groups is 1. The van der Waals surface area contributed by atoms with E-state index in [0.717, 1.165) is 31.7 Å². The average molecular weight is 367 g/mol. The second kappa shape index (κ2) is 8.85. The molecule has 0 unspecified atom stereocenters. The molecule has 0 bridgehead atoms. The van der Waals surface area contributed by atoms with Gasteiger partial charge in [-0.1, -0.05) is 37.0 Å². The first kappa shape index (κ1) is 18.5. The molecule has 0 aliphatic heterocycles. The van der Waals surface area contributed by atoms with E-state index in [1.165, 1.54) is 6.20 Å². The predicted octanol–water partition coefficient (Wildman–Crippen LogP) is 4.66. The van der Waals surface area contributed by atoms with Gasteiger partial charge in [-0.25, -0.2) is 9.97 Å². The van der Waals surface area contributed by atoms with Crippen molar-refractivity contribution in [2.75, 3.05) is 23.3 Å². The van der Waals surface area contributed by atoms with Crippen LogP contribution in [0.1, 0.15) is 37.2 Å². The standard InChI is InChI=1S/C17H20Cl2N4O/c1-3-7-23(8-4-2)16-11-20-15(10-21-16)17(24)22-14-6-5-12(18)9-13(14)19/h5-6,9-11H,3-4,7-8H2,1-2H3,(H,22,24). The summed E-state index contributed by atoms with van der Waals surface area (Å²) < 4.78 is 0. The van der Waals surface area contributed by atoms with Crippen molar-refractivity contribution >= 4 is 40.6 Å². The van der Waals surface area contributed by atoms with Crippen molar-refractivity contribution < 1.29 is 4.79 Å². The molecule has 0 aliphatic rings. The second-order valence-electron chi connectivity index (χ2n) is 5.33. The minimum absolute atomic E-state index is 0.234. The molecule has 5 nitrogen and oxygen atoms in total. The summed E-state index contributed by atoms with van der Waals surface area (Å²) in [7, 11) is 0. The number of halogens is 2. The number of hydrogen-bond acceptors (Lipinski definition) is 4. The fraction of sp³-hybridized carbons (Fsp3) is 0.353. The lowest BCUT2D eigenvalue weighted by Gasteiger charge is -2.22. The Labute approximate surface area is 152 Å². The van der Waals surface area contributed by atoms with Crippen LogP contribution in [0.2, 0.25) is 10.0 Å². The minimum atomic E-state index is -0.365. The third-order valence-electron chi connectivity index (χ3n) is 3.36. The first-order valence-corrected chi connectivity index (χ1v) is 8.64. The molecule has 1 heterocycles. The number of benzene rings is 1. The first-order chi connectivity index (χ1) is 11.5. The molecule has 0 radical (unpaired) electrons. The number of nitrogens with one attached hydrogen (secondary N) is 1. The molecule has 2 rings (SSSR count). The van der Waals surface area contributed by atoms with E-state index in [-0.39, 0.29) is 11.6 Å². The molecule has 128 valence electrons. The molecule has 0 aliphatic carbocycles. The van der Waals surface area contributed by atoms with Crippen molar-refractivity contribution in [1.82, 2.24) is 9.97 Å². The molecule has 1 aromatic carbocycles. The zero-order valence-electron chi connectivity index (χ0n) is 13.7. The van der Waals surface area contributed by atoms with Crippen LogP contribution in [0, 0.1) is 0 Å². The smallest absolute Gasteiger partial charge is 0.275 e. The molecule has 7 heteroatoms. The molecule has 1 aromatic heterocycles. The summed E-state index contributed by atoms with van der Waals surface area (Å²) in [5.41, 5.74) is 0.716. The Hall–Kier alpha value is -1.85. The predicted molar refractivity (Wildman–Crippen MR) is 99.2 cm³/mol. The van der Waals surface area contributed by atoms with Gasteiger partial charge < -0.3 is 10.2 Å². The number of aromatic nitrogens is 2. The maximum absolute atomic E-state index is 12.3. The van der Waals surface area contributed by atoms with Crippen LogP contribution < -0.4 is 10.2 Å². The summed E-state index contributed by atoms with van der Waals surface area (Å²) in [6.45, 7) is 6.06. The lowest BCUT2D eigenvalue weighted by atomic mass is 10.3. The zero-order chi connectivity index (χ0) is 17.5.